The summed E-state index contributed by atoms with van der Waals surface area (Å²) in [6.07, 6.45) is 2.57. The van der Waals surface area contributed by atoms with Gasteiger partial charge in [-0.2, -0.15) is 15.1 Å². The van der Waals surface area contributed by atoms with Crippen LogP contribution in [-0.4, -0.2) is 79.8 Å². The first-order chi connectivity index (χ1) is 15.7. The second kappa shape index (κ2) is 7.87. The number of fused-ring (bicyclic) bond motifs is 1. The number of carboxylic acid groups (broad SMARTS) is 1. The number of carbonyl (C=O) groups is 1. The van der Waals surface area contributed by atoms with Crippen molar-refractivity contribution in [3.05, 3.63) is 35.5 Å². The molecule has 2 saturated heterocycles. The zero-order valence-electron chi connectivity index (χ0n) is 19.0. The van der Waals surface area contributed by atoms with Crippen LogP contribution in [0.15, 0.2) is 24.4 Å². The third kappa shape index (κ3) is 3.95. The normalized spacial score (nSPS) is 18.4. The van der Waals surface area contributed by atoms with Crippen LogP contribution in [0.1, 0.15) is 36.8 Å². The van der Waals surface area contributed by atoms with Gasteiger partial charge in [0.2, 0.25) is 0 Å². The van der Waals surface area contributed by atoms with E-state index in [0.29, 0.717) is 43.7 Å². The highest BCUT2D eigenvalue weighted by Crippen LogP contribution is 2.34. The van der Waals surface area contributed by atoms with Crippen LogP contribution in [0.2, 0.25) is 0 Å². The zero-order chi connectivity index (χ0) is 23.3. The fourth-order valence-electron chi connectivity index (χ4n) is 4.91. The average molecular weight is 453 g/mol. The monoisotopic (exact) mass is 452 g/mol. The molecule has 174 valence electrons. The molecule has 0 atom stereocenters. The van der Waals surface area contributed by atoms with Crippen LogP contribution in [0.5, 0.6) is 6.01 Å². The van der Waals surface area contributed by atoms with Crippen LogP contribution in [0.4, 0.5) is 10.6 Å². The fraction of sp³-hybridized carbons (Fsp3) is 0.478. The third-order valence-corrected chi connectivity index (χ3v) is 6.63. The van der Waals surface area contributed by atoms with Crippen LogP contribution in [0.3, 0.4) is 0 Å². The topological polar surface area (TPSA) is 117 Å². The number of β-amino-alcohol motifs (C(OH)–C–C–N with tert-alkyl or cyclic N) is 1. The SMILES string of the molecule is COc1nc(N2CC(C)(O)C2)cc(-n2ncc3cc(C)c(C4CCN(C(=O)O)CC4)cc32)n1. The maximum atomic E-state index is 11.3. The van der Waals surface area contributed by atoms with Crippen molar-refractivity contribution in [3.63, 3.8) is 0 Å². The first-order valence-electron chi connectivity index (χ1n) is 11.1. The second-order valence-electron chi connectivity index (χ2n) is 9.29. The van der Waals surface area contributed by atoms with Gasteiger partial charge in [-0.3, -0.25) is 0 Å². The Morgan fingerprint density at radius 3 is 2.48 bits per heavy atom. The molecule has 0 saturated carbocycles. The van der Waals surface area contributed by atoms with E-state index < -0.39 is 11.7 Å². The molecule has 2 aliphatic heterocycles. The lowest BCUT2D eigenvalue weighted by Gasteiger charge is -2.44. The van der Waals surface area contributed by atoms with Gasteiger partial charge in [-0.25, -0.2) is 9.48 Å². The molecule has 33 heavy (non-hydrogen) atoms. The minimum Gasteiger partial charge on any atom is -0.467 e. The summed E-state index contributed by atoms with van der Waals surface area (Å²) in [7, 11) is 1.53. The van der Waals surface area contributed by atoms with Gasteiger partial charge in [0.1, 0.15) is 5.82 Å². The van der Waals surface area contributed by atoms with Crippen LogP contribution in [0, 0.1) is 6.92 Å². The molecule has 0 bridgehead atoms. The van der Waals surface area contributed by atoms with Gasteiger partial charge in [-0.1, -0.05) is 0 Å². The van der Waals surface area contributed by atoms with Gasteiger partial charge in [-0.05, 0) is 55.9 Å². The van der Waals surface area contributed by atoms with Crippen LogP contribution >= 0.6 is 0 Å². The smallest absolute Gasteiger partial charge is 0.407 e. The lowest BCUT2D eigenvalue weighted by Crippen LogP contribution is -2.60. The molecule has 0 spiro atoms. The number of piperidine rings is 1. The maximum Gasteiger partial charge on any atom is 0.407 e. The molecule has 4 heterocycles. The molecule has 1 aromatic carbocycles. The quantitative estimate of drug-likeness (QED) is 0.620. The minimum absolute atomic E-state index is 0.242. The van der Waals surface area contributed by atoms with Gasteiger partial charge < -0.3 is 24.7 Å². The van der Waals surface area contributed by atoms with Crippen LogP contribution in [-0.2, 0) is 0 Å². The number of ether oxygens (including phenoxy) is 1. The number of rotatable bonds is 4. The van der Waals surface area contributed by atoms with E-state index in [1.165, 1.54) is 23.1 Å². The van der Waals surface area contributed by atoms with Gasteiger partial charge >= 0.3 is 12.1 Å². The van der Waals surface area contributed by atoms with E-state index in [-0.39, 0.29) is 6.01 Å². The van der Waals surface area contributed by atoms with Gasteiger partial charge in [-0.15, -0.1) is 0 Å². The highest BCUT2D eigenvalue weighted by atomic mass is 16.5. The van der Waals surface area contributed by atoms with Crippen LogP contribution < -0.4 is 9.64 Å². The van der Waals surface area contributed by atoms with Gasteiger partial charge in [0.25, 0.3) is 0 Å². The molecular weight excluding hydrogens is 424 g/mol. The number of aromatic nitrogens is 4. The number of benzene rings is 1. The number of hydrogen-bond donors (Lipinski definition) is 2. The van der Waals surface area contributed by atoms with Crippen molar-refractivity contribution in [2.45, 2.75) is 38.2 Å². The number of amides is 1. The first-order valence-corrected chi connectivity index (χ1v) is 11.1. The first kappa shape index (κ1) is 21.4. The van der Waals surface area contributed by atoms with Gasteiger partial charge in [0.15, 0.2) is 5.82 Å². The van der Waals surface area contributed by atoms with E-state index in [0.717, 1.165) is 23.7 Å². The summed E-state index contributed by atoms with van der Waals surface area (Å²) in [5.74, 6) is 1.57. The van der Waals surface area contributed by atoms with Gasteiger partial charge in [0.05, 0.1) is 24.4 Å². The van der Waals surface area contributed by atoms with E-state index in [9.17, 15) is 15.0 Å². The summed E-state index contributed by atoms with van der Waals surface area (Å²) in [6.45, 7) is 5.97. The number of methoxy groups -OCH3 is 1. The molecule has 10 heteroatoms. The number of likely N-dealkylation sites (tertiary alicyclic amines) is 1. The Morgan fingerprint density at radius 1 is 1.15 bits per heavy atom. The predicted octanol–water partition coefficient (Wildman–Crippen LogP) is 2.56. The average Bonchev–Trinajstić information content (AvgIpc) is 3.19. The molecule has 2 N–H and O–H groups in total. The zero-order valence-corrected chi connectivity index (χ0v) is 19.0. The van der Waals surface area contributed by atoms with E-state index in [1.807, 2.05) is 17.2 Å². The van der Waals surface area contributed by atoms with Crippen molar-refractivity contribution < 1.29 is 19.7 Å². The molecule has 0 radical (unpaired) electrons. The standard InChI is InChI=1S/C23H28N6O4/c1-14-8-16-11-24-29(18(16)9-17(14)15-4-6-27(7-5-15)22(30)31)20-10-19(25-21(26-20)33-3)28-12-23(2,32)13-28/h8-11,15,32H,4-7,12-13H2,1-3H3,(H,30,31). The van der Waals surface area contributed by atoms with E-state index in [2.05, 4.69) is 34.1 Å². The molecule has 0 unspecified atom stereocenters. The Kier molecular flexibility index (Phi) is 5.12. The summed E-state index contributed by atoms with van der Waals surface area (Å²) in [6, 6.07) is 6.38. The van der Waals surface area contributed by atoms with Crippen molar-refractivity contribution in [2.24, 2.45) is 0 Å². The molecule has 3 aromatic rings. The highest BCUT2D eigenvalue weighted by Gasteiger charge is 2.37. The van der Waals surface area contributed by atoms with E-state index in [4.69, 9.17) is 4.74 Å². The second-order valence-corrected chi connectivity index (χ2v) is 9.29. The number of nitrogens with zero attached hydrogens (tertiary/aromatic N) is 6. The predicted molar refractivity (Wildman–Crippen MR) is 122 cm³/mol. The summed E-state index contributed by atoms with van der Waals surface area (Å²) in [5, 5.41) is 25.0. The summed E-state index contributed by atoms with van der Waals surface area (Å²) >= 11 is 0. The van der Waals surface area contributed by atoms with Crippen molar-refractivity contribution in [1.82, 2.24) is 24.6 Å². The van der Waals surface area contributed by atoms with Crippen molar-refractivity contribution in [2.75, 3.05) is 38.2 Å². The molecule has 2 aromatic heterocycles. The highest BCUT2D eigenvalue weighted by molar-refractivity contribution is 5.82. The third-order valence-electron chi connectivity index (χ3n) is 6.63. The van der Waals surface area contributed by atoms with E-state index in [1.54, 1.807) is 11.6 Å². The Bertz CT molecular complexity index is 1210. The number of aryl methyl sites for hydroxylation is 1. The number of anilines is 1. The Hall–Kier alpha value is -3.40. The van der Waals surface area contributed by atoms with E-state index >= 15 is 0 Å². The largest absolute Gasteiger partial charge is 0.467 e. The molecule has 2 fully saturated rings. The minimum atomic E-state index is -0.851. The molecular formula is C23H28N6O4. The van der Waals surface area contributed by atoms with Crippen LogP contribution in [0.25, 0.3) is 16.7 Å². The molecule has 10 nitrogen and oxygen atoms in total. The summed E-state index contributed by atoms with van der Waals surface area (Å²) in [4.78, 5) is 23.7. The van der Waals surface area contributed by atoms with Crippen molar-refractivity contribution in [3.8, 4) is 11.8 Å². The molecule has 0 aliphatic carbocycles. The fourth-order valence-corrected chi connectivity index (χ4v) is 4.91. The van der Waals surface area contributed by atoms with Gasteiger partial charge in [0, 0.05) is 37.6 Å². The Labute approximate surface area is 191 Å². The molecule has 1 amide bonds. The number of hydrogen-bond acceptors (Lipinski definition) is 7. The summed E-state index contributed by atoms with van der Waals surface area (Å²) < 4.78 is 7.13. The lowest BCUT2D eigenvalue weighted by molar-refractivity contribution is 0.0304. The van der Waals surface area contributed by atoms with Crippen molar-refractivity contribution >= 4 is 22.8 Å². The molecule has 2 aliphatic rings. The Balaban J connectivity index is 1.51. The Morgan fingerprint density at radius 2 is 1.85 bits per heavy atom. The number of aliphatic hydroxyl groups is 1. The lowest BCUT2D eigenvalue weighted by atomic mass is 9.86. The molecule has 5 rings (SSSR count). The summed E-state index contributed by atoms with van der Waals surface area (Å²) in [5.41, 5.74) is 2.60. The maximum absolute atomic E-state index is 11.3. The van der Waals surface area contributed by atoms with Crippen molar-refractivity contribution in [1.29, 1.82) is 0 Å².